The van der Waals surface area contributed by atoms with Crippen LogP contribution >= 0.6 is 11.6 Å². The number of nitrogens with one attached hydrogen (secondary N) is 1. The molecule has 0 radical (unpaired) electrons. The highest BCUT2D eigenvalue weighted by molar-refractivity contribution is 6.29. The summed E-state index contributed by atoms with van der Waals surface area (Å²) in [4.78, 5) is 7.82. The Morgan fingerprint density at radius 1 is 1.47 bits per heavy atom. The molecule has 0 aliphatic carbocycles. The molecule has 0 fully saturated rings. The van der Waals surface area contributed by atoms with Crippen molar-refractivity contribution in [2.45, 2.75) is 26.2 Å². The van der Waals surface area contributed by atoms with Gasteiger partial charge in [0.2, 0.25) is 5.95 Å². The van der Waals surface area contributed by atoms with Crippen LogP contribution in [0.15, 0.2) is 6.07 Å². The molecular formula is C11H19ClN4O. The summed E-state index contributed by atoms with van der Waals surface area (Å²) in [6, 6.07) is 1.64. The van der Waals surface area contributed by atoms with E-state index in [9.17, 15) is 0 Å². The fourth-order valence-corrected chi connectivity index (χ4v) is 1.90. The summed E-state index contributed by atoms with van der Waals surface area (Å²) in [5.74, 6) is 1.22. The lowest BCUT2D eigenvalue weighted by molar-refractivity contribution is 0.255. The zero-order valence-corrected chi connectivity index (χ0v) is 10.7. The summed E-state index contributed by atoms with van der Waals surface area (Å²) in [7, 11) is 0. The van der Waals surface area contributed by atoms with Crippen molar-refractivity contribution in [3.63, 3.8) is 0 Å². The van der Waals surface area contributed by atoms with E-state index in [2.05, 4.69) is 22.2 Å². The summed E-state index contributed by atoms with van der Waals surface area (Å²) in [6.45, 7) is 3.09. The highest BCUT2D eigenvalue weighted by Gasteiger charge is 2.08. The lowest BCUT2D eigenvalue weighted by Gasteiger charge is -2.16. The number of hydrogen-bond acceptors (Lipinski definition) is 5. The highest BCUT2D eigenvalue weighted by Crippen LogP contribution is 2.15. The number of aromatic nitrogens is 2. The largest absolute Gasteiger partial charge is 0.396 e. The van der Waals surface area contributed by atoms with Gasteiger partial charge in [-0.05, 0) is 18.8 Å². The van der Waals surface area contributed by atoms with Crippen LogP contribution in [0.2, 0.25) is 5.15 Å². The predicted octanol–water partition coefficient (Wildman–Crippen LogP) is 1.92. The lowest BCUT2D eigenvalue weighted by Crippen LogP contribution is -2.16. The van der Waals surface area contributed by atoms with Gasteiger partial charge < -0.3 is 16.2 Å². The maximum absolute atomic E-state index is 8.95. The number of hydrogen-bond donors (Lipinski definition) is 3. The van der Waals surface area contributed by atoms with Crippen LogP contribution in [0.3, 0.4) is 0 Å². The van der Waals surface area contributed by atoms with E-state index in [1.807, 2.05) is 0 Å². The van der Waals surface area contributed by atoms with E-state index in [1.54, 1.807) is 6.07 Å². The standard InChI is InChI=1S/C11H19ClN4O/c1-2-3-8(4-5-17)7-14-10-6-9(12)15-11(13)16-10/h6,8,17H,2-5,7H2,1H3,(H3,13,14,15,16). The molecule has 0 spiro atoms. The van der Waals surface area contributed by atoms with Crippen molar-refractivity contribution in [1.82, 2.24) is 9.97 Å². The van der Waals surface area contributed by atoms with E-state index in [-0.39, 0.29) is 12.6 Å². The van der Waals surface area contributed by atoms with E-state index in [1.165, 1.54) is 0 Å². The van der Waals surface area contributed by atoms with Crippen LogP contribution in [0, 0.1) is 5.92 Å². The number of nitrogen functional groups attached to an aromatic ring is 1. The minimum absolute atomic E-state index is 0.161. The Labute approximate surface area is 106 Å². The third kappa shape index (κ3) is 5.19. The van der Waals surface area contributed by atoms with Crippen LogP contribution in [-0.2, 0) is 0 Å². The third-order valence-corrected chi connectivity index (χ3v) is 2.71. The van der Waals surface area contributed by atoms with E-state index in [0.29, 0.717) is 16.9 Å². The highest BCUT2D eigenvalue weighted by atomic mass is 35.5. The number of nitrogens with zero attached hydrogens (tertiary/aromatic N) is 2. The molecule has 17 heavy (non-hydrogen) atoms. The Morgan fingerprint density at radius 2 is 2.24 bits per heavy atom. The van der Waals surface area contributed by atoms with Gasteiger partial charge in [0, 0.05) is 19.2 Å². The summed E-state index contributed by atoms with van der Waals surface area (Å²) in [5, 5.41) is 12.5. The molecule has 0 aliphatic heterocycles. The van der Waals surface area contributed by atoms with Gasteiger partial charge in [-0.2, -0.15) is 4.98 Å². The number of anilines is 2. The molecule has 1 aromatic heterocycles. The minimum Gasteiger partial charge on any atom is -0.396 e. The topological polar surface area (TPSA) is 84.1 Å². The Morgan fingerprint density at radius 3 is 2.82 bits per heavy atom. The molecule has 4 N–H and O–H groups in total. The number of aliphatic hydroxyl groups is 1. The van der Waals surface area contributed by atoms with Crippen LogP contribution in [0.1, 0.15) is 26.2 Å². The fraction of sp³-hybridized carbons (Fsp3) is 0.636. The molecule has 0 aromatic carbocycles. The molecule has 1 rings (SSSR count). The van der Waals surface area contributed by atoms with Gasteiger partial charge in [-0.15, -0.1) is 0 Å². The van der Waals surface area contributed by atoms with Crippen LogP contribution < -0.4 is 11.1 Å². The maximum Gasteiger partial charge on any atom is 0.223 e. The van der Waals surface area contributed by atoms with Crippen molar-refractivity contribution < 1.29 is 5.11 Å². The summed E-state index contributed by atoms with van der Waals surface area (Å²) < 4.78 is 0. The third-order valence-electron chi connectivity index (χ3n) is 2.52. The maximum atomic E-state index is 8.95. The van der Waals surface area contributed by atoms with E-state index in [4.69, 9.17) is 22.4 Å². The second-order valence-electron chi connectivity index (χ2n) is 3.98. The lowest BCUT2D eigenvalue weighted by atomic mass is 10.0. The van der Waals surface area contributed by atoms with Crippen LogP contribution in [-0.4, -0.2) is 28.2 Å². The molecule has 0 aliphatic rings. The Bertz CT molecular complexity index is 322. The molecule has 0 bridgehead atoms. The Kier molecular flexibility index (Phi) is 6.00. The first-order chi connectivity index (χ1) is 8.15. The van der Waals surface area contributed by atoms with Gasteiger partial charge in [0.1, 0.15) is 11.0 Å². The first kappa shape index (κ1) is 14.0. The number of halogens is 1. The molecule has 5 nitrogen and oxygen atoms in total. The molecule has 1 aromatic rings. The predicted molar refractivity (Wildman–Crippen MR) is 70.0 cm³/mol. The van der Waals surface area contributed by atoms with Crippen molar-refractivity contribution in [3.8, 4) is 0 Å². The van der Waals surface area contributed by atoms with E-state index in [0.717, 1.165) is 25.8 Å². The van der Waals surface area contributed by atoms with E-state index < -0.39 is 0 Å². The van der Waals surface area contributed by atoms with Gasteiger partial charge in [0.25, 0.3) is 0 Å². The molecule has 96 valence electrons. The second kappa shape index (κ2) is 7.29. The molecule has 1 atom stereocenters. The van der Waals surface area contributed by atoms with Gasteiger partial charge >= 0.3 is 0 Å². The normalized spacial score (nSPS) is 12.4. The van der Waals surface area contributed by atoms with Gasteiger partial charge in [-0.1, -0.05) is 24.9 Å². The van der Waals surface area contributed by atoms with Crippen molar-refractivity contribution >= 4 is 23.4 Å². The minimum atomic E-state index is 0.161. The van der Waals surface area contributed by atoms with E-state index >= 15 is 0 Å². The molecular weight excluding hydrogens is 240 g/mol. The first-order valence-electron chi connectivity index (χ1n) is 5.80. The summed E-state index contributed by atoms with van der Waals surface area (Å²) >= 11 is 5.78. The zero-order valence-electron chi connectivity index (χ0n) is 9.99. The Hall–Kier alpha value is -1.07. The van der Waals surface area contributed by atoms with Crippen LogP contribution in [0.25, 0.3) is 0 Å². The van der Waals surface area contributed by atoms with Crippen LogP contribution in [0.4, 0.5) is 11.8 Å². The van der Waals surface area contributed by atoms with Crippen LogP contribution in [0.5, 0.6) is 0 Å². The number of nitrogens with two attached hydrogens (primary N) is 1. The van der Waals surface area contributed by atoms with Crippen molar-refractivity contribution in [1.29, 1.82) is 0 Å². The summed E-state index contributed by atoms with van der Waals surface area (Å²) in [5.41, 5.74) is 5.50. The van der Waals surface area contributed by atoms with Crippen molar-refractivity contribution in [2.75, 3.05) is 24.2 Å². The zero-order chi connectivity index (χ0) is 12.7. The van der Waals surface area contributed by atoms with Crippen molar-refractivity contribution in [3.05, 3.63) is 11.2 Å². The fourth-order valence-electron chi connectivity index (χ4n) is 1.71. The quantitative estimate of drug-likeness (QED) is 0.651. The first-order valence-corrected chi connectivity index (χ1v) is 6.18. The Balaban J connectivity index is 2.52. The second-order valence-corrected chi connectivity index (χ2v) is 4.37. The van der Waals surface area contributed by atoms with Crippen molar-refractivity contribution in [2.24, 2.45) is 5.92 Å². The smallest absolute Gasteiger partial charge is 0.223 e. The SMILES string of the molecule is CCCC(CCO)CNc1cc(Cl)nc(N)n1. The average Bonchev–Trinajstić information content (AvgIpc) is 2.25. The monoisotopic (exact) mass is 258 g/mol. The summed E-state index contributed by atoms with van der Waals surface area (Å²) in [6.07, 6.45) is 2.95. The van der Waals surface area contributed by atoms with Gasteiger partial charge in [-0.25, -0.2) is 4.98 Å². The van der Waals surface area contributed by atoms with Gasteiger partial charge in [-0.3, -0.25) is 0 Å². The molecule has 1 unspecified atom stereocenters. The number of aliphatic hydroxyl groups excluding tert-OH is 1. The molecule has 1 heterocycles. The molecule has 0 amide bonds. The van der Waals surface area contributed by atoms with Gasteiger partial charge in [0.05, 0.1) is 0 Å². The molecule has 0 saturated carbocycles. The molecule has 6 heteroatoms. The van der Waals surface area contributed by atoms with Gasteiger partial charge in [0.15, 0.2) is 0 Å². The molecule has 0 saturated heterocycles. The number of rotatable bonds is 7. The average molecular weight is 259 g/mol.